The summed E-state index contributed by atoms with van der Waals surface area (Å²) in [5.41, 5.74) is 1.43. The number of methoxy groups -OCH3 is 1. The van der Waals surface area contributed by atoms with Gasteiger partial charge in [0.2, 0.25) is 0 Å². The molecule has 2 aromatic heterocycles. The Hall–Kier alpha value is -3.01. The molecular weight excluding hydrogens is 346 g/mol. The van der Waals surface area contributed by atoms with E-state index in [-0.39, 0.29) is 17.0 Å². The number of nitrogens with one attached hydrogen (secondary N) is 1. The van der Waals surface area contributed by atoms with Gasteiger partial charge in [-0.3, -0.25) is 4.72 Å². The summed E-state index contributed by atoms with van der Waals surface area (Å²) in [6.07, 6.45) is 3.01. The number of esters is 1. The molecule has 3 aromatic rings. The molecule has 0 saturated carbocycles. The van der Waals surface area contributed by atoms with Crippen molar-refractivity contribution in [1.82, 2.24) is 19.6 Å². The zero-order valence-corrected chi connectivity index (χ0v) is 14.5. The van der Waals surface area contributed by atoms with E-state index in [1.165, 1.54) is 24.0 Å². The third-order valence-corrected chi connectivity index (χ3v) is 4.71. The van der Waals surface area contributed by atoms with Crippen LogP contribution >= 0.6 is 0 Å². The van der Waals surface area contributed by atoms with Crippen molar-refractivity contribution >= 4 is 27.5 Å². The van der Waals surface area contributed by atoms with Crippen LogP contribution in [0.3, 0.4) is 0 Å². The van der Waals surface area contributed by atoms with Crippen LogP contribution in [0.5, 0.6) is 0 Å². The fraction of sp³-hybridized carbons (Fsp3) is 0.200. The largest absolute Gasteiger partial charge is 0.465 e. The predicted molar refractivity (Wildman–Crippen MR) is 88.8 cm³/mol. The summed E-state index contributed by atoms with van der Waals surface area (Å²) in [7, 11) is -2.89. The average Bonchev–Trinajstić information content (AvgIpc) is 3.03. The van der Waals surface area contributed by atoms with Crippen LogP contribution in [-0.4, -0.2) is 41.1 Å². The highest BCUT2D eigenvalue weighted by Crippen LogP contribution is 2.27. The number of carbonyl (C=O) groups excluding carboxylic acids is 1. The minimum absolute atomic E-state index is 0.138. The van der Waals surface area contributed by atoms with E-state index in [2.05, 4.69) is 19.8 Å². The Morgan fingerprint density at radius 2 is 1.96 bits per heavy atom. The SMILES string of the molecule is COC(=O)c1c(C)ccc(C)c1NS(=O)(=O)c1nc2ncccn2n1. The molecule has 10 heteroatoms. The second kappa shape index (κ2) is 6.13. The quantitative estimate of drug-likeness (QED) is 0.697. The van der Waals surface area contributed by atoms with Crippen molar-refractivity contribution in [3.63, 3.8) is 0 Å². The Labute approximate surface area is 143 Å². The normalized spacial score (nSPS) is 11.5. The number of aromatic nitrogens is 4. The molecule has 0 unspecified atom stereocenters. The van der Waals surface area contributed by atoms with E-state index in [0.29, 0.717) is 11.1 Å². The molecule has 0 aliphatic carbocycles. The van der Waals surface area contributed by atoms with E-state index < -0.39 is 21.1 Å². The lowest BCUT2D eigenvalue weighted by atomic mass is 10.0. The molecule has 1 aromatic carbocycles. The monoisotopic (exact) mass is 361 g/mol. The van der Waals surface area contributed by atoms with Gasteiger partial charge in [0, 0.05) is 12.4 Å². The lowest BCUT2D eigenvalue weighted by molar-refractivity contribution is 0.0601. The molecule has 25 heavy (non-hydrogen) atoms. The first-order valence-corrected chi connectivity index (χ1v) is 8.70. The predicted octanol–water partition coefficient (Wildman–Crippen LogP) is 1.33. The minimum atomic E-state index is -4.12. The van der Waals surface area contributed by atoms with E-state index in [0.717, 1.165) is 0 Å². The van der Waals surface area contributed by atoms with E-state index in [9.17, 15) is 13.2 Å². The molecule has 2 heterocycles. The molecule has 0 radical (unpaired) electrons. The molecular formula is C15H15N5O4S. The van der Waals surface area contributed by atoms with Crippen LogP contribution in [0.2, 0.25) is 0 Å². The van der Waals surface area contributed by atoms with Crippen LogP contribution in [0.4, 0.5) is 5.69 Å². The second-order valence-electron chi connectivity index (χ2n) is 5.31. The van der Waals surface area contributed by atoms with Gasteiger partial charge in [0.05, 0.1) is 18.4 Å². The van der Waals surface area contributed by atoms with Crippen molar-refractivity contribution in [2.75, 3.05) is 11.8 Å². The molecule has 0 spiro atoms. The maximum atomic E-state index is 12.7. The first-order valence-electron chi connectivity index (χ1n) is 7.22. The van der Waals surface area contributed by atoms with Gasteiger partial charge in [-0.1, -0.05) is 12.1 Å². The molecule has 0 aliphatic rings. The van der Waals surface area contributed by atoms with Gasteiger partial charge in [-0.25, -0.2) is 14.3 Å². The number of hydrogen-bond acceptors (Lipinski definition) is 7. The van der Waals surface area contributed by atoms with E-state index >= 15 is 0 Å². The van der Waals surface area contributed by atoms with Crippen molar-refractivity contribution in [1.29, 1.82) is 0 Å². The molecule has 1 N–H and O–H groups in total. The molecule has 130 valence electrons. The maximum absolute atomic E-state index is 12.7. The summed E-state index contributed by atoms with van der Waals surface area (Å²) in [5, 5.41) is 3.46. The van der Waals surface area contributed by atoms with Gasteiger partial charge in [-0.15, -0.1) is 5.10 Å². The summed E-state index contributed by atoms with van der Waals surface area (Å²) >= 11 is 0. The molecule has 0 atom stereocenters. The highest BCUT2D eigenvalue weighted by Gasteiger charge is 2.26. The third kappa shape index (κ3) is 3.03. The molecule has 3 rings (SSSR count). The Balaban J connectivity index is 2.09. The fourth-order valence-corrected chi connectivity index (χ4v) is 3.34. The van der Waals surface area contributed by atoms with E-state index in [4.69, 9.17) is 4.74 Å². The van der Waals surface area contributed by atoms with Crippen molar-refractivity contribution in [2.24, 2.45) is 0 Å². The van der Waals surface area contributed by atoms with Gasteiger partial charge in [-0.2, -0.15) is 13.4 Å². The van der Waals surface area contributed by atoms with Crippen LogP contribution in [0, 0.1) is 13.8 Å². The number of benzene rings is 1. The first kappa shape index (κ1) is 16.8. The fourth-order valence-electron chi connectivity index (χ4n) is 2.32. The summed E-state index contributed by atoms with van der Waals surface area (Å²) < 4.78 is 33.7. The summed E-state index contributed by atoms with van der Waals surface area (Å²) in [4.78, 5) is 19.9. The number of fused-ring (bicyclic) bond motifs is 1. The lowest BCUT2D eigenvalue weighted by Gasteiger charge is -2.14. The highest BCUT2D eigenvalue weighted by atomic mass is 32.2. The summed E-state index contributed by atoms with van der Waals surface area (Å²) in [5.74, 6) is -0.486. The zero-order chi connectivity index (χ0) is 18.2. The molecule has 0 aliphatic heterocycles. The number of rotatable bonds is 4. The van der Waals surface area contributed by atoms with Gasteiger partial charge in [0.25, 0.3) is 21.0 Å². The third-order valence-electron chi connectivity index (χ3n) is 3.59. The smallest absolute Gasteiger partial charge is 0.340 e. The zero-order valence-electron chi connectivity index (χ0n) is 13.7. The number of aryl methyl sites for hydroxylation is 2. The van der Waals surface area contributed by atoms with Crippen molar-refractivity contribution in [3.8, 4) is 0 Å². The molecule has 0 fully saturated rings. The Kier molecular flexibility index (Phi) is 4.13. The van der Waals surface area contributed by atoms with Crippen molar-refractivity contribution in [3.05, 3.63) is 47.3 Å². The van der Waals surface area contributed by atoms with Gasteiger partial charge in [-0.05, 0) is 31.0 Å². The number of sulfonamides is 1. The Bertz CT molecular complexity index is 1040. The number of ether oxygens (including phenoxy) is 1. The molecule has 0 amide bonds. The molecule has 9 nitrogen and oxygen atoms in total. The van der Waals surface area contributed by atoms with Gasteiger partial charge >= 0.3 is 5.97 Å². The lowest BCUT2D eigenvalue weighted by Crippen LogP contribution is -2.19. The number of nitrogens with zero attached hydrogens (tertiary/aromatic N) is 4. The van der Waals surface area contributed by atoms with Gasteiger partial charge < -0.3 is 4.74 Å². The minimum Gasteiger partial charge on any atom is -0.465 e. The van der Waals surface area contributed by atoms with Gasteiger partial charge in [0.1, 0.15) is 0 Å². The summed E-state index contributed by atoms with van der Waals surface area (Å²) in [6.45, 7) is 3.37. The molecule has 0 saturated heterocycles. The van der Waals surface area contributed by atoms with Crippen LogP contribution in [0.1, 0.15) is 21.5 Å². The Morgan fingerprint density at radius 1 is 1.24 bits per heavy atom. The van der Waals surface area contributed by atoms with E-state index in [1.54, 1.807) is 32.0 Å². The standard InChI is InChI=1S/C15H15N5O4S/c1-9-5-6-10(2)12(11(9)13(21)24-3)19-25(22,23)15-17-14-16-7-4-8-20(14)18-15/h4-8,19H,1-3H3. The maximum Gasteiger partial charge on any atom is 0.340 e. The van der Waals surface area contributed by atoms with Crippen LogP contribution in [0.15, 0.2) is 35.7 Å². The van der Waals surface area contributed by atoms with Crippen molar-refractivity contribution < 1.29 is 17.9 Å². The van der Waals surface area contributed by atoms with Crippen LogP contribution in [0.25, 0.3) is 5.78 Å². The van der Waals surface area contributed by atoms with E-state index in [1.807, 2.05) is 0 Å². The number of hydrogen-bond donors (Lipinski definition) is 1. The van der Waals surface area contributed by atoms with Crippen molar-refractivity contribution in [2.45, 2.75) is 19.0 Å². The number of carbonyl (C=O) groups is 1. The van der Waals surface area contributed by atoms with Gasteiger partial charge in [0.15, 0.2) is 0 Å². The topological polar surface area (TPSA) is 116 Å². The molecule has 0 bridgehead atoms. The summed E-state index contributed by atoms with van der Waals surface area (Å²) in [6, 6.07) is 5.02. The first-order chi connectivity index (χ1) is 11.8. The van der Waals surface area contributed by atoms with Crippen LogP contribution < -0.4 is 4.72 Å². The second-order valence-corrected chi connectivity index (χ2v) is 6.88. The number of anilines is 1. The average molecular weight is 361 g/mol. The van der Waals surface area contributed by atoms with Crippen LogP contribution in [-0.2, 0) is 14.8 Å². The highest BCUT2D eigenvalue weighted by molar-refractivity contribution is 7.92. The Morgan fingerprint density at radius 3 is 2.64 bits per heavy atom.